The number of benzene rings is 1. The van der Waals surface area contributed by atoms with Crippen LogP contribution in [0.2, 0.25) is 0 Å². The lowest BCUT2D eigenvalue weighted by molar-refractivity contribution is 0.606. The van der Waals surface area contributed by atoms with Crippen LogP contribution in [0.3, 0.4) is 0 Å². The summed E-state index contributed by atoms with van der Waals surface area (Å²) in [5, 5.41) is 1.07. The molecule has 0 fully saturated rings. The van der Waals surface area contributed by atoms with Crippen molar-refractivity contribution in [3.8, 4) is 0 Å². The molecule has 2 aromatic rings. The maximum atomic E-state index is 5.35. The van der Waals surface area contributed by atoms with E-state index in [1.165, 1.54) is 5.56 Å². The number of hydrogen-bond acceptors (Lipinski definition) is 1. The first-order valence-electron chi connectivity index (χ1n) is 4.17. The van der Waals surface area contributed by atoms with E-state index in [-0.39, 0.29) is 0 Å². The summed E-state index contributed by atoms with van der Waals surface area (Å²) in [5.41, 5.74) is 2.24. The number of para-hydroxylation sites is 1. The normalized spacial score (nSPS) is 11.2. The van der Waals surface area contributed by atoms with Crippen molar-refractivity contribution < 1.29 is 4.42 Å². The standard InChI is InChI=1S/C11H11O/c1-8(2)10-5-3-4-9-6-7-12-11(9)10/h3-5,7-8H,1-2H3. The van der Waals surface area contributed by atoms with Crippen LogP contribution in [0.4, 0.5) is 0 Å². The van der Waals surface area contributed by atoms with Crippen LogP contribution in [-0.4, -0.2) is 0 Å². The average molecular weight is 159 g/mol. The van der Waals surface area contributed by atoms with Gasteiger partial charge in [0.25, 0.3) is 0 Å². The second-order valence-electron chi connectivity index (χ2n) is 3.26. The van der Waals surface area contributed by atoms with Gasteiger partial charge in [0, 0.05) is 11.5 Å². The van der Waals surface area contributed by atoms with Crippen LogP contribution in [0.15, 0.2) is 28.9 Å². The highest BCUT2D eigenvalue weighted by molar-refractivity contribution is 5.80. The number of fused-ring (bicyclic) bond motifs is 1. The van der Waals surface area contributed by atoms with E-state index in [9.17, 15) is 0 Å². The molecule has 0 bridgehead atoms. The molecule has 0 spiro atoms. The summed E-state index contributed by atoms with van der Waals surface area (Å²) in [6, 6.07) is 9.21. The van der Waals surface area contributed by atoms with E-state index in [0.29, 0.717) is 5.92 Å². The topological polar surface area (TPSA) is 13.1 Å². The molecule has 0 atom stereocenters. The summed E-state index contributed by atoms with van der Waals surface area (Å²) in [4.78, 5) is 0. The highest BCUT2D eigenvalue weighted by atomic mass is 16.3. The lowest BCUT2D eigenvalue weighted by atomic mass is 10.0. The molecular weight excluding hydrogens is 148 g/mol. The van der Waals surface area contributed by atoms with Gasteiger partial charge in [0.1, 0.15) is 5.58 Å². The quantitative estimate of drug-likeness (QED) is 0.621. The van der Waals surface area contributed by atoms with Crippen molar-refractivity contribution in [2.75, 3.05) is 0 Å². The second kappa shape index (κ2) is 2.67. The van der Waals surface area contributed by atoms with Crippen LogP contribution in [0.5, 0.6) is 0 Å². The van der Waals surface area contributed by atoms with Crippen molar-refractivity contribution in [2.45, 2.75) is 19.8 Å². The smallest absolute Gasteiger partial charge is 0.137 e. The van der Waals surface area contributed by atoms with Crippen LogP contribution in [0.25, 0.3) is 11.0 Å². The molecule has 0 amide bonds. The van der Waals surface area contributed by atoms with Crippen molar-refractivity contribution >= 4 is 11.0 Å². The van der Waals surface area contributed by atoms with Crippen LogP contribution in [0.1, 0.15) is 25.3 Å². The molecule has 0 aliphatic heterocycles. The summed E-state index contributed by atoms with van der Waals surface area (Å²) in [7, 11) is 0. The van der Waals surface area contributed by atoms with Crippen molar-refractivity contribution in [1.82, 2.24) is 0 Å². The molecular formula is C11H11O. The minimum Gasteiger partial charge on any atom is -0.463 e. The molecule has 0 aliphatic carbocycles. The Labute approximate surface area is 72.0 Å². The SMILES string of the molecule is CC(C)c1cccc2[c]coc12. The Balaban J connectivity index is 2.73. The fourth-order valence-corrected chi connectivity index (χ4v) is 1.41. The fourth-order valence-electron chi connectivity index (χ4n) is 1.41. The molecule has 1 nitrogen and oxygen atoms in total. The van der Waals surface area contributed by atoms with Crippen molar-refractivity contribution in [2.24, 2.45) is 0 Å². The summed E-state index contributed by atoms with van der Waals surface area (Å²) in [6.07, 6.45) is 1.62. The molecule has 1 aromatic carbocycles. The Morgan fingerprint density at radius 3 is 2.92 bits per heavy atom. The minimum atomic E-state index is 0.508. The van der Waals surface area contributed by atoms with Gasteiger partial charge in [-0.2, -0.15) is 0 Å². The maximum Gasteiger partial charge on any atom is 0.137 e. The van der Waals surface area contributed by atoms with Gasteiger partial charge in [-0.3, -0.25) is 0 Å². The summed E-state index contributed by atoms with van der Waals surface area (Å²) >= 11 is 0. The van der Waals surface area contributed by atoms with E-state index in [1.54, 1.807) is 6.26 Å². The zero-order valence-electron chi connectivity index (χ0n) is 7.29. The largest absolute Gasteiger partial charge is 0.463 e. The van der Waals surface area contributed by atoms with Gasteiger partial charge >= 0.3 is 0 Å². The molecule has 1 radical (unpaired) electrons. The van der Waals surface area contributed by atoms with Gasteiger partial charge in [0.15, 0.2) is 0 Å². The highest BCUT2D eigenvalue weighted by Gasteiger charge is 2.06. The van der Waals surface area contributed by atoms with Gasteiger partial charge < -0.3 is 4.42 Å². The third-order valence-electron chi connectivity index (χ3n) is 2.06. The van der Waals surface area contributed by atoms with Gasteiger partial charge in [-0.15, -0.1) is 0 Å². The predicted molar refractivity (Wildman–Crippen MR) is 49.1 cm³/mol. The van der Waals surface area contributed by atoms with Crippen LogP contribution < -0.4 is 0 Å². The number of furan rings is 1. The Bertz CT molecular complexity index is 385. The molecule has 2 rings (SSSR count). The van der Waals surface area contributed by atoms with Gasteiger partial charge in [0.2, 0.25) is 0 Å². The van der Waals surface area contributed by atoms with Crippen LogP contribution in [-0.2, 0) is 0 Å². The molecule has 1 heterocycles. The third-order valence-corrected chi connectivity index (χ3v) is 2.06. The van der Waals surface area contributed by atoms with Gasteiger partial charge in [0.05, 0.1) is 6.26 Å². The number of hydrogen-bond donors (Lipinski definition) is 0. The third kappa shape index (κ3) is 1.02. The van der Waals surface area contributed by atoms with Crippen LogP contribution in [0, 0.1) is 6.07 Å². The second-order valence-corrected chi connectivity index (χ2v) is 3.26. The van der Waals surface area contributed by atoms with Crippen molar-refractivity contribution in [3.05, 3.63) is 36.1 Å². The average Bonchev–Trinajstić information content (AvgIpc) is 2.49. The lowest BCUT2D eigenvalue weighted by Gasteiger charge is -2.04. The molecule has 0 N–H and O–H groups in total. The number of rotatable bonds is 1. The zero-order valence-corrected chi connectivity index (χ0v) is 7.29. The minimum absolute atomic E-state index is 0.508. The van der Waals surface area contributed by atoms with Crippen LogP contribution >= 0.6 is 0 Å². The van der Waals surface area contributed by atoms with Gasteiger partial charge in [-0.1, -0.05) is 32.0 Å². The Kier molecular flexibility index (Phi) is 1.65. The fraction of sp³-hybridized carbons (Fsp3) is 0.273. The summed E-state index contributed by atoms with van der Waals surface area (Å²) < 4.78 is 5.35. The van der Waals surface area contributed by atoms with E-state index in [1.807, 2.05) is 12.1 Å². The van der Waals surface area contributed by atoms with E-state index in [2.05, 4.69) is 26.0 Å². The summed E-state index contributed by atoms with van der Waals surface area (Å²) in [6.45, 7) is 4.33. The molecule has 0 saturated carbocycles. The van der Waals surface area contributed by atoms with Gasteiger partial charge in [-0.25, -0.2) is 0 Å². The van der Waals surface area contributed by atoms with E-state index in [0.717, 1.165) is 11.0 Å². The molecule has 1 heteroatoms. The van der Waals surface area contributed by atoms with E-state index >= 15 is 0 Å². The molecule has 0 aliphatic rings. The monoisotopic (exact) mass is 159 g/mol. The van der Waals surface area contributed by atoms with E-state index in [4.69, 9.17) is 4.42 Å². The first-order chi connectivity index (χ1) is 5.79. The van der Waals surface area contributed by atoms with Crippen molar-refractivity contribution in [3.63, 3.8) is 0 Å². The highest BCUT2D eigenvalue weighted by Crippen LogP contribution is 2.25. The maximum absolute atomic E-state index is 5.35. The summed E-state index contributed by atoms with van der Waals surface area (Å²) in [5.74, 6) is 0.508. The van der Waals surface area contributed by atoms with Crippen molar-refractivity contribution in [1.29, 1.82) is 0 Å². The lowest BCUT2D eigenvalue weighted by Crippen LogP contribution is -1.86. The molecule has 0 saturated heterocycles. The first kappa shape index (κ1) is 7.41. The molecule has 0 unspecified atom stereocenters. The predicted octanol–water partition coefficient (Wildman–Crippen LogP) is 3.36. The zero-order chi connectivity index (χ0) is 8.55. The Morgan fingerprint density at radius 1 is 1.33 bits per heavy atom. The van der Waals surface area contributed by atoms with E-state index < -0.39 is 0 Å². The van der Waals surface area contributed by atoms with Gasteiger partial charge in [-0.05, 0) is 11.5 Å². The Morgan fingerprint density at radius 2 is 2.17 bits per heavy atom. The molecule has 12 heavy (non-hydrogen) atoms. The molecule has 61 valence electrons. The Hall–Kier alpha value is -1.24. The molecule has 1 aromatic heterocycles. The first-order valence-corrected chi connectivity index (χ1v) is 4.17.